The van der Waals surface area contributed by atoms with E-state index < -0.39 is 0 Å². The van der Waals surface area contributed by atoms with E-state index in [-0.39, 0.29) is 11.9 Å². The van der Waals surface area contributed by atoms with Gasteiger partial charge in [0, 0.05) is 17.7 Å². The van der Waals surface area contributed by atoms with Crippen molar-refractivity contribution in [2.75, 3.05) is 7.11 Å². The normalized spacial score (nSPS) is 12.0. The molecule has 0 unspecified atom stereocenters. The quantitative estimate of drug-likeness (QED) is 0.450. The number of carbonyl (C=O) groups excluding carboxylic acids is 1. The van der Waals surface area contributed by atoms with Gasteiger partial charge in [-0.05, 0) is 50.1 Å². The summed E-state index contributed by atoms with van der Waals surface area (Å²) in [6.45, 7) is 6.47. The largest absolute Gasteiger partial charge is 0.496 e. The molecule has 0 bridgehead atoms. The molecular weight excluding hydrogens is 400 g/mol. The van der Waals surface area contributed by atoms with Gasteiger partial charge in [0.1, 0.15) is 11.4 Å². The number of ether oxygens (including phenoxy) is 1. The average Bonchev–Trinajstić information content (AvgIpc) is 3.16. The van der Waals surface area contributed by atoms with Crippen molar-refractivity contribution in [1.82, 2.24) is 20.1 Å². The number of methoxy groups -OCH3 is 1. The van der Waals surface area contributed by atoms with Gasteiger partial charge >= 0.3 is 0 Å². The molecule has 1 amide bonds. The number of nitrogens with one attached hydrogen (secondary N) is 1. The molecule has 4 aromatic rings. The lowest BCUT2D eigenvalue weighted by molar-refractivity contribution is -0.122. The molecular formula is C26H28N4O2. The van der Waals surface area contributed by atoms with Gasteiger partial charge in [-0.15, -0.1) is 0 Å². The monoisotopic (exact) mass is 428 g/mol. The van der Waals surface area contributed by atoms with Crippen molar-refractivity contribution in [2.45, 2.75) is 39.8 Å². The zero-order valence-corrected chi connectivity index (χ0v) is 18.9. The summed E-state index contributed by atoms with van der Waals surface area (Å²) < 4.78 is 7.41. The van der Waals surface area contributed by atoms with Gasteiger partial charge in [-0.25, -0.2) is 9.67 Å². The number of aryl methyl sites for hydroxylation is 3. The van der Waals surface area contributed by atoms with Crippen LogP contribution in [0.4, 0.5) is 0 Å². The molecule has 32 heavy (non-hydrogen) atoms. The highest BCUT2D eigenvalue weighted by molar-refractivity contribution is 5.95. The predicted molar refractivity (Wildman–Crippen MR) is 127 cm³/mol. The van der Waals surface area contributed by atoms with Crippen LogP contribution in [0.1, 0.15) is 36.2 Å². The van der Waals surface area contributed by atoms with E-state index in [1.165, 1.54) is 0 Å². The van der Waals surface area contributed by atoms with Gasteiger partial charge in [0.25, 0.3) is 0 Å². The predicted octanol–water partition coefficient (Wildman–Crippen LogP) is 4.99. The second-order valence-electron chi connectivity index (χ2n) is 8.00. The van der Waals surface area contributed by atoms with E-state index in [1.807, 2.05) is 73.1 Å². The number of rotatable bonds is 7. The summed E-state index contributed by atoms with van der Waals surface area (Å²) in [5.74, 6) is 0.738. The van der Waals surface area contributed by atoms with E-state index in [0.29, 0.717) is 13.0 Å². The number of fused-ring (bicyclic) bond motifs is 1. The smallest absolute Gasteiger partial charge is 0.222 e. The van der Waals surface area contributed by atoms with Crippen molar-refractivity contribution >= 4 is 16.9 Å². The molecule has 0 spiro atoms. The number of nitrogens with zero attached hydrogens (tertiary/aromatic N) is 3. The fraction of sp³-hybridized carbons (Fsp3) is 0.269. The van der Waals surface area contributed by atoms with Gasteiger partial charge in [-0.2, -0.15) is 5.10 Å². The van der Waals surface area contributed by atoms with Crippen LogP contribution in [-0.4, -0.2) is 27.8 Å². The third-order valence-electron chi connectivity index (χ3n) is 5.62. The molecule has 2 aromatic heterocycles. The van der Waals surface area contributed by atoms with Gasteiger partial charge in [0.15, 0.2) is 5.65 Å². The fourth-order valence-electron chi connectivity index (χ4n) is 4.05. The Balaban J connectivity index is 1.62. The lowest BCUT2D eigenvalue weighted by Crippen LogP contribution is -2.27. The summed E-state index contributed by atoms with van der Waals surface area (Å²) in [5, 5.41) is 8.93. The molecule has 6 nitrogen and oxygen atoms in total. The number of benzene rings is 2. The van der Waals surface area contributed by atoms with Crippen LogP contribution in [0.5, 0.6) is 5.75 Å². The number of para-hydroxylation sites is 1. The summed E-state index contributed by atoms with van der Waals surface area (Å²) in [4.78, 5) is 17.4. The van der Waals surface area contributed by atoms with Gasteiger partial charge in [0.05, 0.1) is 25.1 Å². The highest BCUT2D eigenvalue weighted by Crippen LogP contribution is 2.35. The molecule has 1 atom stereocenters. The average molecular weight is 429 g/mol. The number of hydrogen-bond donors (Lipinski definition) is 1. The second kappa shape index (κ2) is 9.22. The maximum Gasteiger partial charge on any atom is 0.222 e. The highest BCUT2D eigenvalue weighted by atomic mass is 16.5. The fourth-order valence-corrected chi connectivity index (χ4v) is 4.05. The van der Waals surface area contributed by atoms with Crippen LogP contribution in [0.3, 0.4) is 0 Å². The first-order valence-electron chi connectivity index (χ1n) is 10.8. The zero-order chi connectivity index (χ0) is 22.7. The molecule has 0 fully saturated rings. The second-order valence-corrected chi connectivity index (χ2v) is 8.00. The van der Waals surface area contributed by atoms with Crippen molar-refractivity contribution in [2.24, 2.45) is 0 Å². The van der Waals surface area contributed by atoms with E-state index in [2.05, 4.69) is 18.3 Å². The SMILES string of the molecule is COc1ccccc1-c1nn(CCC(=O)N[C@H](C)c2ccccc2)c2nc(C)cc(C)c12. The summed E-state index contributed by atoms with van der Waals surface area (Å²) in [6, 6.07) is 19.8. The Kier molecular flexibility index (Phi) is 6.21. The first-order valence-corrected chi connectivity index (χ1v) is 10.8. The zero-order valence-electron chi connectivity index (χ0n) is 18.9. The molecule has 1 N–H and O–H groups in total. The first-order chi connectivity index (χ1) is 15.5. The lowest BCUT2D eigenvalue weighted by Gasteiger charge is -2.14. The molecule has 4 rings (SSSR count). The molecule has 6 heteroatoms. The minimum atomic E-state index is -0.0511. The van der Waals surface area contributed by atoms with Crippen LogP contribution >= 0.6 is 0 Å². The van der Waals surface area contributed by atoms with Crippen LogP contribution in [-0.2, 0) is 11.3 Å². The molecule has 0 saturated carbocycles. The van der Waals surface area contributed by atoms with E-state index in [4.69, 9.17) is 14.8 Å². The third-order valence-corrected chi connectivity index (χ3v) is 5.62. The number of hydrogen-bond acceptors (Lipinski definition) is 4. The number of carbonyl (C=O) groups is 1. The molecule has 0 aliphatic heterocycles. The molecule has 164 valence electrons. The van der Waals surface area contributed by atoms with Crippen molar-refractivity contribution < 1.29 is 9.53 Å². The van der Waals surface area contributed by atoms with Crippen molar-refractivity contribution in [1.29, 1.82) is 0 Å². The Labute approximate surface area is 188 Å². The summed E-state index contributed by atoms with van der Waals surface area (Å²) in [6.07, 6.45) is 0.313. The molecule has 2 heterocycles. The Bertz CT molecular complexity index is 1250. The number of aromatic nitrogens is 3. The minimum absolute atomic E-state index is 0.0202. The number of pyridine rings is 1. The minimum Gasteiger partial charge on any atom is -0.496 e. The van der Waals surface area contributed by atoms with Gasteiger partial charge in [-0.1, -0.05) is 42.5 Å². The standard InChI is InChI=1S/C26H28N4O2/c1-17-16-18(2)27-26-24(17)25(21-12-8-9-13-22(21)32-4)29-30(26)15-14-23(31)28-19(3)20-10-6-5-7-11-20/h5-13,16,19H,14-15H2,1-4H3,(H,28,31)/t19-/m1/s1. The molecule has 0 aliphatic carbocycles. The highest BCUT2D eigenvalue weighted by Gasteiger charge is 2.19. The number of amides is 1. The van der Waals surface area contributed by atoms with Crippen LogP contribution in [0.2, 0.25) is 0 Å². The van der Waals surface area contributed by atoms with Crippen molar-refractivity contribution in [3.8, 4) is 17.0 Å². The van der Waals surface area contributed by atoms with Gasteiger partial charge in [0.2, 0.25) is 5.91 Å². The summed E-state index contributed by atoms with van der Waals surface area (Å²) in [5.41, 5.74) is 5.62. The summed E-state index contributed by atoms with van der Waals surface area (Å²) in [7, 11) is 1.66. The molecule has 2 aromatic carbocycles. The van der Waals surface area contributed by atoms with Gasteiger partial charge in [-0.3, -0.25) is 4.79 Å². The van der Waals surface area contributed by atoms with Crippen LogP contribution in [0, 0.1) is 13.8 Å². The topological polar surface area (TPSA) is 69.0 Å². The Morgan fingerprint density at radius 2 is 1.81 bits per heavy atom. The van der Waals surface area contributed by atoms with Crippen molar-refractivity contribution in [3.63, 3.8) is 0 Å². The Hall–Kier alpha value is -3.67. The summed E-state index contributed by atoms with van der Waals surface area (Å²) >= 11 is 0. The molecule has 0 saturated heterocycles. The Morgan fingerprint density at radius 3 is 2.56 bits per heavy atom. The maximum absolute atomic E-state index is 12.7. The molecule has 0 radical (unpaired) electrons. The van der Waals surface area contributed by atoms with E-state index in [9.17, 15) is 4.79 Å². The van der Waals surface area contributed by atoms with Crippen LogP contribution in [0.15, 0.2) is 60.7 Å². The van der Waals surface area contributed by atoms with Crippen molar-refractivity contribution in [3.05, 3.63) is 77.5 Å². The Morgan fingerprint density at radius 1 is 1.09 bits per heavy atom. The van der Waals surface area contributed by atoms with E-state index in [0.717, 1.165) is 44.9 Å². The lowest BCUT2D eigenvalue weighted by atomic mass is 10.0. The van der Waals surface area contributed by atoms with Crippen LogP contribution < -0.4 is 10.1 Å². The van der Waals surface area contributed by atoms with E-state index >= 15 is 0 Å². The third kappa shape index (κ3) is 4.35. The first kappa shape index (κ1) is 21.6. The van der Waals surface area contributed by atoms with Crippen LogP contribution in [0.25, 0.3) is 22.3 Å². The van der Waals surface area contributed by atoms with E-state index in [1.54, 1.807) is 7.11 Å². The maximum atomic E-state index is 12.7. The van der Waals surface area contributed by atoms with Gasteiger partial charge < -0.3 is 10.1 Å². The molecule has 0 aliphatic rings.